The molecule has 5 heteroatoms. The van der Waals surface area contributed by atoms with Crippen molar-refractivity contribution in [1.29, 1.82) is 0 Å². The minimum absolute atomic E-state index is 0.180. The SMILES string of the molecule is CNCCN(C)C(=O)CCc1cc(Cl)cs1. The number of hydrogen-bond donors (Lipinski definition) is 1. The summed E-state index contributed by atoms with van der Waals surface area (Å²) in [6, 6.07) is 1.92. The number of amides is 1. The van der Waals surface area contributed by atoms with Crippen LogP contribution in [-0.4, -0.2) is 38.0 Å². The number of nitrogens with one attached hydrogen (secondary N) is 1. The van der Waals surface area contributed by atoms with Gasteiger partial charge in [0.1, 0.15) is 0 Å². The number of aryl methyl sites for hydroxylation is 1. The second kappa shape index (κ2) is 6.89. The molecule has 1 heterocycles. The molecular formula is C11H17ClN2OS. The molecule has 0 radical (unpaired) electrons. The third-order valence-corrected chi connectivity index (χ3v) is 3.67. The first-order chi connectivity index (χ1) is 7.63. The summed E-state index contributed by atoms with van der Waals surface area (Å²) in [6.07, 6.45) is 1.33. The van der Waals surface area contributed by atoms with E-state index in [4.69, 9.17) is 11.6 Å². The van der Waals surface area contributed by atoms with Crippen molar-refractivity contribution in [1.82, 2.24) is 10.2 Å². The maximum Gasteiger partial charge on any atom is 0.222 e. The number of thiophene rings is 1. The molecule has 1 aromatic heterocycles. The van der Waals surface area contributed by atoms with Crippen LogP contribution in [0.15, 0.2) is 11.4 Å². The summed E-state index contributed by atoms with van der Waals surface area (Å²) < 4.78 is 0. The number of carbonyl (C=O) groups is 1. The van der Waals surface area contributed by atoms with Crippen molar-refractivity contribution in [2.45, 2.75) is 12.8 Å². The van der Waals surface area contributed by atoms with Gasteiger partial charge in [-0.25, -0.2) is 0 Å². The zero-order valence-electron chi connectivity index (χ0n) is 9.62. The van der Waals surface area contributed by atoms with E-state index >= 15 is 0 Å². The molecule has 0 saturated heterocycles. The van der Waals surface area contributed by atoms with E-state index in [1.54, 1.807) is 16.2 Å². The Morgan fingerprint density at radius 1 is 1.62 bits per heavy atom. The molecule has 0 atom stereocenters. The van der Waals surface area contributed by atoms with Crippen LogP contribution in [0.1, 0.15) is 11.3 Å². The first kappa shape index (κ1) is 13.5. The molecule has 16 heavy (non-hydrogen) atoms. The number of rotatable bonds is 6. The number of likely N-dealkylation sites (N-methyl/N-ethyl adjacent to an activating group) is 2. The summed E-state index contributed by atoms with van der Waals surface area (Å²) >= 11 is 7.42. The molecule has 0 aromatic carbocycles. The number of carbonyl (C=O) groups excluding carboxylic acids is 1. The van der Waals surface area contributed by atoms with Crippen LogP contribution >= 0.6 is 22.9 Å². The van der Waals surface area contributed by atoms with Gasteiger partial charge in [0.2, 0.25) is 5.91 Å². The van der Waals surface area contributed by atoms with Gasteiger partial charge in [0.15, 0.2) is 0 Å². The Hall–Kier alpha value is -0.580. The smallest absolute Gasteiger partial charge is 0.222 e. The van der Waals surface area contributed by atoms with E-state index in [1.807, 2.05) is 25.5 Å². The molecule has 3 nitrogen and oxygen atoms in total. The fraction of sp³-hybridized carbons (Fsp3) is 0.545. The molecular weight excluding hydrogens is 244 g/mol. The summed E-state index contributed by atoms with van der Waals surface area (Å²) in [5.74, 6) is 0.180. The predicted molar refractivity (Wildman–Crippen MR) is 69.2 cm³/mol. The molecule has 0 aliphatic rings. The lowest BCUT2D eigenvalue weighted by molar-refractivity contribution is -0.129. The Kier molecular flexibility index (Phi) is 5.80. The van der Waals surface area contributed by atoms with Gasteiger partial charge in [0, 0.05) is 36.8 Å². The Bertz CT molecular complexity index is 340. The van der Waals surface area contributed by atoms with Crippen LogP contribution in [0.25, 0.3) is 0 Å². The lowest BCUT2D eigenvalue weighted by atomic mass is 10.2. The van der Waals surface area contributed by atoms with Crippen molar-refractivity contribution in [3.8, 4) is 0 Å². The highest BCUT2D eigenvalue weighted by molar-refractivity contribution is 7.10. The maximum absolute atomic E-state index is 11.7. The molecule has 1 N–H and O–H groups in total. The molecule has 0 fully saturated rings. The van der Waals surface area contributed by atoms with Gasteiger partial charge < -0.3 is 10.2 Å². The van der Waals surface area contributed by atoms with Gasteiger partial charge in [-0.2, -0.15) is 0 Å². The predicted octanol–water partition coefficient (Wildman–Crippen LogP) is 2.01. The van der Waals surface area contributed by atoms with Crippen LogP contribution in [0.4, 0.5) is 0 Å². The van der Waals surface area contributed by atoms with Crippen LogP contribution in [-0.2, 0) is 11.2 Å². The number of nitrogens with zero attached hydrogens (tertiary/aromatic N) is 1. The van der Waals surface area contributed by atoms with Gasteiger partial charge in [-0.05, 0) is 19.5 Å². The van der Waals surface area contributed by atoms with Crippen molar-refractivity contribution >= 4 is 28.8 Å². The van der Waals surface area contributed by atoms with Gasteiger partial charge >= 0.3 is 0 Å². The van der Waals surface area contributed by atoms with Crippen molar-refractivity contribution in [2.24, 2.45) is 0 Å². The number of halogens is 1. The Balaban J connectivity index is 2.29. The number of hydrogen-bond acceptors (Lipinski definition) is 3. The van der Waals surface area contributed by atoms with Crippen molar-refractivity contribution in [2.75, 3.05) is 27.2 Å². The van der Waals surface area contributed by atoms with E-state index in [9.17, 15) is 4.79 Å². The average molecular weight is 261 g/mol. The molecule has 0 bridgehead atoms. The average Bonchev–Trinajstić information content (AvgIpc) is 2.68. The summed E-state index contributed by atoms with van der Waals surface area (Å²) in [5.41, 5.74) is 0. The second-order valence-corrected chi connectivity index (χ2v) is 5.08. The molecule has 90 valence electrons. The van der Waals surface area contributed by atoms with E-state index in [1.165, 1.54) is 4.88 Å². The van der Waals surface area contributed by atoms with Crippen LogP contribution in [0.3, 0.4) is 0 Å². The van der Waals surface area contributed by atoms with Crippen LogP contribution in [0, 0.1) is 0 Å². The highest BCUT2D eigenvalue weighted by Crippen LogP contribution is 2.20. The summed E-state index contributed by atoms with van der Waals surface area (Å²) in [5, 5.41) is 5.68. The van der Waals surface area contributed by atoms with Crippen molar-refractivity contribution in [3.05, 3.63) is 21.3 Å². The molecule has 0 saturated carbocycles. The van der Waals surface area contributed by atoms with Gasteiger partial charge in [0.25, 0.3) is 0 Å². The fourth-order valence-electron chi connectivity index (χ4n) is 1.31. The van der Waals surface area contributed by atoms with Gasteiger partial charge in [-0.15, -0.1) is 11.3 Å². The maximum atomic E-state index is 11.7. The molecule has 0 aliphatic heterocycles. The van der Waals surface area contributed by atoms with Crippen molar-refractivity contribution in [3.63, 3.8) is 0 Å². The van der Waals surface area contributed by atoms with E-state index in [0.717, 1.165) is 24.5 Å². The molecule has 1 aromatic rings. The Labute approximate surface area is 105 Å². The zero-order chi connectivity index (χ0) is 12.0. The van der Waals surface area contributed by atoms with Crippen LogP contribution in [0.2, 0.25) is 5.02 Å². The third-order valence-electron chi connectivity index (χ3n) is 2.33. The molecule has 0 aliphatic carbocycles. The van der Waals surface area contributed by atoms with E-state index < -0.39 is 0 Å². The third kappa shape index (κ3) is 4.51. The lowest BCUT2D eigenvalue weighted by Crippen LogP contribution is -2.32. The van der Waals surface area contributed by atoms with E-state index in [-0.39, 0.29) is 5.91 Å². The van der Waals surface area contributed by atoms with Crippen LogP contribution < -0.4 is 5.32 Å². The summed E-state index contributed by atoms with van der Waals surface area (Å²) in [4.78, 5) is 14.6. The molecule has 0 unspecified atom stereocenters. The summed E-state index contributed by atoms with van der Waals surface area (Å²) in [7, 11) is 3.72. The topological polar surface area (TPSA) is 32.3 Å². The first-order valence-corrected chi connectivity index (χ1v) is 6.50. The standard InChI is InChI=1S/C11H17ClN2OS/c1-13-5-6-14(2)11(15)4-3-10-7-9(12)8-16-10/h7-8,13H,3-6H2,1-2H3. The first-order valence-electron chi connectivity index (χ1n) is 5.25. The lowest BCUT2D eigenvalue weighted by Gasteiger charge is -2.16. The van der Waals surface area contributed by atoms with Crippen molar-refractivity contribution < 1.29 is 4.79 Å². The highest BCUT2D eigenvalue weighted by Gasteiger charge is 2.08. The van der Waals surface area contributed by atoms with Gasteiger partial charge in [-0.1, -0.05) is 11.6 Å². The molecule has 1 amide bonds. The molecule has 0 spiro atoms. The molecule has 1 rings (SSSR count). The fourth-order valence-corrected chi connectivity index (χ4v) is 2.39. The van der Waals surface area contributed by atoms with Gasteiger partial charge in [-0.3, -0.25) is 4.79 Å². The minimum atomic E-state index is 0.180. The Morgan fingerprint density at radius 2 is 2.38 bits per heavy atom. The second-order valence-electron chi connectivity index (χ2n) is 3.65. The Morgan fingerprint density at radius 3 is 2.94 bits per heavy atom. The normalized spacial score (nSPS) is 10.4. The summed E-state index contributed by atoms with van der Waals surface area (Å²) in [6.45, 7) is 1.58. The minimum Gasteiger partial charge on any atom is -0.344 e. The van der Waals surface area contributed by atoms with Gasteiger partial charge in [0.05, 0.1) is 5.02 Å². The van der Waals surface area contributed by atoms with E-state index in [0.29, 0.717) is 6.42 Å². The quantitative estimate of drug-likeness (QED) is 0.849. The van der Waals surface area contributed by atoms with E-state index in [2.05, 4.69) is 5.32 Å². The van der Waals surface area contributed by atoms with Crippen LogP contribution in [0.5, 0.6) is 0 Å². The monoisotopic (exact) mass is 260 g/mol. The largest absolute Gasteiger partial charge is 0.344 e. The highest BCUT2D eigenvalue weighted by atomic mass is 35.5. The zero-order valence-corrected chi connectivity index (χ0v) is 11.2.